The van der Waals surface area contributed by atoms with Crippen molar-refractivity contribution in [3.8, 4) is 11.8 Å². The van der Waals surface area contributed by atoms with Crippen LogP contribution in [-0.2, 0) is 12.0 Å². The van der Waals surface area contributed by atoms with Crippen LogP contribution < -0.4 is 10.6 Å². The molecule has 0 bridgehead atoms. The lowest BCUT2D eigenvalue weighted by atomic mass is 10.0. The van der Waals surface area contributed by atoms with E-state index in [0.29, 0.717) is 22.3 Å². The number of halogens is 1. The van der Waals surface area contributed by atoms with Gasteiger partial charge in [-0.15, -0.1) is 0 Å². The largest absolute Gasteiger partial charge is 0.372 e. The van der Waals surface area contributed by atoms with Crippen molar-refractivity contribution >= 4 is 29.1 Å². The number of nitrogen functional groups attached to an aromatic ring is 1. The van der Waals surface area contributed by atoms with Crippen LogP contribution in [0.2, 0.25) is 5.02 Å². The highest BCUT2D eigenvalue weighted by Crippen LogP contribution is 2.37. The molecule has 1 aliphatic heterocycles. The summed E-state index contributed by atoms with van der Waals surface area (Å²) in [6.07, 6.45) is 2.36. The monoisotopic (exact) mass is 395 g/mol. The number of anilines is 3. The van der Waals surface area contributed by atoms with Crippen LogP contribution >= 0.6 is 11.6 Å². The summed E-state index contributed by atoms with van der Waals surface area (Å²) < 4.78 is 5.03. The van der Waals surface area contributed by atoms with Crippen molar-refractivity contribution in [2.24, 2.45) is 0 Å². The molecule has 1 aromatic carbocycles. The molecule has 0 saturated heterocycles. The number of aliphatic hydroxyl groups is 1. The molecule has 0 unspecified atom stereocenters. The molecule has 2 aromatic heterocycles. The van der Waals surface area contributed by atoms with Crippen LogP contribution in [0.25, 0.3) is 0 Å². The Morgan fingerprint density at radius 2 is 2.18 bits per heavy atom. The molecule has 142 valence electrons. The zero-order chi connectivity index (χ0) is 19.9. The summed E-state index contributed by atoms with van der Waals surface area (Å²) in [7, 11) is 0. The van der Waals surface area contributed by atoms with E-state index in [1.807, 2.05) is 23.1 Å². The lowest BCUT2D eigenvalue weighted by Crippen LogP contribution is -2.19. The summed E-state index contributed by atoms with van der Waals surface area (Å²) in [6, 6.07) is 7.57. The van der Waals surface area contributed by atoms with Crippen LogP contribution in [-0.4, -0.2) is 26.8 Å². The van der Waals surface area contributed by atoms with Gasteiger partial charge in [0, 0.05) is 23.9 Å². The topological polar surface area (TPSA) is 101 Å². The van der Waals surface area contributed by atoms with E-state index >= 15 is 0 Å². The Labute approximate surface area is 167 Å². The van der Waals surface area contributed by atoms with Crippen molar-refractivity contribution in [2.75, 3.05) is 17.2 Å². The van der Waals surface area contributed by atoms with Crippen LogP contribution in [0.3, 0.4) is 0 Å². The number of nitrogens with two attached hydrogens (primary N) is 1. The number of aryl methyl sites for hydroxylation is 1. The fraction of sp³-hybridized carbons (Fsp3) is 0.250. The molecule has 7 nitrogen and oxygen atoms in total. The molecule has 8 heteroatoms. The minimum atomic E-state index is -1.42. The van der Waals surface area contributed by atoms with Gasteiger partial charge < -0.3 is 20.3 Å². The van der Waals surface area contributed by atoms with Crippen molar-refractivity contribution in [1.82, 2.24) is 15.1 Å². The Bertz CT molecular complexity index is 1110. The fourth-order valence-corrected chi connectivity index (χ4v) is 3.28. The van der Waals surface area contributed by atoms with Gasteiger partial charge in [0.2, 0.25) is 5.95 Å². The third-order valence-electron chi connectivity index (χ3n) is 4.56. The van der Waals surface area contributed by atoms with Crippen molar-refractivity contribution < 1.29 is 9.63 Å². The molecule has 0 radical (unpaired) electrons. The number of hydrogen-bond acceptors (Lipinski definition) is 7. The average Bonchev–Trinajstić information content (AvgIpc) is 3.28. The van der Waals surface area contributed by atoms with Gasteiger partial charge in [-0.1, -0.05) is 34.7 Å². The third-order valence-corrected chi connectivity index (χ3v) is 4.82. The summed E-state index contributed by atoms with van der Waals surface area (Å²) in [5, 5.41) is 14.9. The van der Waals surface area contributed by atoms with Gasteiger partial charge in [0.05, 0.1) is 6.20 Å². The maximum absolute atomic E-state index is 10.6. The first-order valence-corrected chi connectivity index (χ1v) is 9.09. The van der Waals surface area contributed by atoms with Crippen LogP contribution in [0.5, 0.6) is 0 Å². The van der Waals surface area contributed by atoms with Gasteiger partial charge in [0.1, 0.15) is 16.5 Å². The van der Waals surface area contributed by atoms with E-state index in [0.717, 1.165) is 29.8 Å². The molecule has 0 spiro atoms. The summed E-state index contributed by atoms with van der Waals surface area (Å²) in [5.41, 5.74) is 7.57. The first-order valence-electron chi connectivity index (χ1n) is 8.71. The van der Waals surface area contributed by atoms with Crippen molar-refractivity contribution in [2.45, 2.75) is 25.9 Å². The van der Waals surface area contributed by atoms with Gasteiger partial charge >= 0.3 is 0 Å². The highest BCUT2D eigenvalue weighted by atomic mass is 35.5. The van der Waals surface area contributed by atoms with E-state index in [4.69, 9.17) is 21.9 Å². The Hall–Kier alpha value is -3.08. The summed E-state index contributed by atoms with van der Waals surface area (Å²) >= 11 is 6.27. The van der Waals surface area contributed by atoms with E-state index in [9.17, 15) is 5.11 Å². The van der Waals surface area contributed by atoms with Crippen molar-refractivity contribution in [3.63, 3.8) is 0 Å². The Morgan fingerprint density at radius 1 is 1.36 bits per heavy atom. The molecule has 28 heavy (non-hydrogen) atoms. The molecule has 3 N–H and O–H groups in total. The molecular weight excluding hydrogens is 378 g/mol. The molecule has 0 fully saturated rings. The molecule has 1 atom stereocenters. The molecule has 0 aliphatic carbocycles. The first kappa shape index (κ1) is 18.3. The van der Waals surface area contributed by atoms with Crippen LogP contribution in [0.15, 0.2) is 35.0 Å². The predicted molar refractivity (Wildman–Crippen MR) is 106 cm³/mol. The second kappa shape index (κ2) is 6.82. The van der Waals surface area contributed by atoms with Crippen LogP contribution in [0.1, 0.15) is 29.5 Å². The highest BCUT2D eigenvalue weighted by Gasteiger charge is 2.26. The molecule has 3 aromatic rings. The SMILES string of the molecule is Cc1cc([C@](C)(O)C#Cc2ccc3c(c2)N(c2nc(N)ncc2Cl)CC3)no1. The normalized spacial score (nSPS) is 14.9. The fourth-order valence-electron chi connectivity index (χ4n) is 3.09. The number of rotatable bonds is 2. The van der Waals surface area contributed by atoms with E-state index < -0.39 is 5.60 Å². The van der Waals surface area contributed by atoms with Gasteiger partial charge in [-0.2, -0.15) is 4.98 Å². The summed E-state index contributed by atoms with van der Waals surface area (Å²) in [4.78, 5) is 10.2. The Kier molecular flexibility index (Phi) is 4.46. The summed E-state index contributed by atoms with van der Waals surface area (Å²) in [5.74, 6) is 7.24. The van der Waals surface area contributed by atoms with Gasteiger partial charge in [0.25, 0.3) is 0 Å². The van der Waals surface area contributed by atoms with Gasteiger partial charge in [0.15, 0.2) is 11.4 Å². The number of benzene rings is 1. The van der Waals surface area contributed by atoms with Gasteiger partial charge in [-0.25, -0.2) is 4.98 Å². The predicted octanol–water partition coefficient (Wildman–Crippen LogP) is 2.96. The standard InChI is InChI=1S/C20H18ClN5O2/c1-12-9-17(25-28-12)20(2,27)7-5-13-3-4-14-6-8-26(16(14)10-13)18-15(21)11-23-19(22)24-18/h3-4,9-11,27H,6,8H2,1-2H3,(H2,22,23,24)/t20-/m1/s1. The second-order valence-electron chi connectivity index (χ2n) is 6.79. The summed E-state index contributed by atoms with van der Waals surface area (Å²) in [6.45, 7) is 4.08. The van der Waals surface area contributed by atoms with Gasteiger partial charge in [-0.3, -0.25) is 0 Å². The lowest BCUT2D eigenvalue weighted by molar-refractivity contribution is 0.112. The molecule has 1 aliphatic rings. The van der Waals surface area contributed by atoms with E-state index in [2.05, 4.69) is 27.0 Å². The minimum Gasteiger partial charge on any atom is -0.372 e. The lowest BCUT2D eigenvalue weighted by Gasteiger charge is -2.19. The zero-order valence-electron chi connectivity index (χ0n) is 15.4. The first-order chi connectivity index (χ1) is 13.3. The molecule has 3 heterocycles. The zero-order valence-corrected chi connectivity index (χ0v) is 16.2. The molecule has 0 saturated carbocycles. The van der Waals surface area contributed by atoms with E-state index in [1.54, 1.807) is 19.9 Å². The van der Waals surface area contributed by atoms with Gasteiger partial charge in [-0.05, 0) is 38.0 Å². The maximum atomic E-state index is 10.6. The molecular formula is C20H18ClN5O2. The number of aromatic nitrogens is 3. The maximum Gasteiger partial charge on any atom is 0.222 e. The number of fused-ring (bicyclic) bond motifs is 1. The van der Waals surface area contributed by atoms with Crippen molar-refractivity contribution in [3.05, 3.63) is 58.1 Å². The van der Waals surface area contributed by atoms with Crippen molar-refractivity contribution in [1.29, 1.82) is 0 Å². The molecule has 0 amide bonds. The smallest absolute Gasteiger partial charge is 0.222 e. The van der Waals surface area contributed by atoms with Crippen LogP contribution in [0.4, 0.5) is 17.5 Å². The van der Waals surface area contributed by atoms with E-state index in [1.165, 1.54) is 6.20 Å². The number of nitrogens with zero attached hydrogens (tertiary/aromatic N) is 4. The second-order valence-corrected chi connectivity index (χ2v) is 7.20. The van der Waals surface area contributed by atoms with E-state index in [-0.39, 0.29) is 5.95 Å². The molecule has 4 rings (SSSR count). The Balaban J connectivity index is 1.67. The quantitative estimate of drug-likeness (QED) is 0.643. The third kappa shape index (κ3) is 3.40. The Morgan fingerprint density at radius 3 is 2.93 bits per heavy atom. The average molecular weight is 396 g/mol. The highest BCUT2D eigenvalue weighted by molar-refractivity contribution is 6.33. The minimum absolute atomic E-state index is 0.169. The van der Waals surface area contributed by atoms with Crippen LogP contribution in [0, 0.1) is 18.8 Å². The number of hydrogen-bond donors (Lipinski definition) is 2.